The molecule has 1 aromatic rings. The lowest BCUT2D eigenvalue weighted by atomic mass is 9.86. The van der Waals surface area contributed by atoms with Gasteiger partial charge in [0.25, 0.3) is 0 Å². The Labute approximate surface area is 99.3 Å². The molecule has 0 aliphatic heterocycles. The first-order valence-corrected chi connectivity index (χ1v) is 6.59. The zero-order chi connectivity index (χ0) is 11.8. The number of carboxylic acid groups (broad SMARTS) is 1. The van der Waals surface area contributed by atoms with Crippen LogP contribution < -0.4 is 5.73 Å². The summed E-state index contributed by atoms with van der Waals surface area (Å²) in [6.07, 6.45) is 4.86. The van der Waals surface area contributed by atoms with Crippen molar-refractivity contribution < 1.29 is 9.90 Å². The van der Waals surface area contributed by atoms with Crippen molar-refractivity contribution in [2.75, 3.05) is 0 Å². The Morgan fingerprint density at radius 1 is 1.56 bits per heavy atom. The van der Waals surface area contributed by atoms with Crippen molar-refractivity contribution in [3.63, 3.8) is 0 Å². The number of nitrogens with two attached hydrogens (primary N) is 1. The van der Waals surface area contributed by atoms with Crippen molar-refractivity contribution in [3.05, 3.63) is 21.4 Å². The van der Waals surface area contributed by atoms with Crippen LogP contribution in [0.5, 0.6) is 0 Å². The second-order valence-corrected chi connectivity index (χ2v) is 5.29. The van der Waals surface area contributed by atoms with E-state index in [0.29, 0.717) is 6.42 Å². The van der Waals surface area contributed by atoms with Gasteiger partial charge in [-0.2, -0.15) is 0 Å². The molecule has 1 heterocycles. The third-order valence-corrected chi connectivity index (χ3v) is 4.70. The molecule has 2 rings (SSSR count). The molecular formula is C12H17NO2S. The van der Waals surface area contributed by atoms with E-state index in [9.17, 15) is 9.90 Å². The molecule has 1 atom stereocenters. The number of aryl methyl sites for hydroxylation is 1. The monoisotopic (exact) mass is 239 g/mol. The van der Waals surface area contributed by atoms with Gasteiger partial charge in [-0.25, -0.2) is 4.79 Å². The first-order valence-electron chi connectivity index (χ1n) is 5.71. The van der Waals surface area contributed by atoms with Gasteiger partial charge in [0.05, 0.1) is 0 Å². The van der Waals surface area contributed by atoms with Crippen LogP contribution in [0.1, 0.15) is 42.2 Å². The second kappa shape index (κ2) is 4.18. The Hall–Kier alpha value is -0.870. The average Bonchev–Trinajstić information content (AvgIpc) is 2.72. The molecule has 0 bridgehead atoms. The number of aliphatic carboxylic acids is 1. The zero-order valence-corrected chi connectivity index (χ0v) is 10.3. The fraction of sp³-hybridized carbons (Fsp3) is 0.583. The van der Waals surface area contributed by atoms with Gasteiger partial charge in [0.2, 0.25) is 0 Å². The van der Waals surface area contributed by atoms with Crippen LogP contribution in [0.3, 0.4) is 0 Å². The highest BCUT2D eigenvalue weighted by Gasteiger charge is 2.38. The van der Waals surface area contributed by atoms with Gasteiger partial charge in [0.15, 0.2) is 0 Å². The van der Waals surface area contributed by atoms with Gasteiger partial charge in [-0.1, -0.05) is 6.92 Å². The Bertz CT molecular complexity index is 413. The van der Waals surface area contributed by atoms with Crippen LogP contribution in [-0.4, -0.2) is 11.1 Å². The van der Waals surface area contributed by atoms with Crippen molar-refractivity contribution in [3.8, 4) is 0 Å². The maximum absolute atomic E-state index is 11.3. The molecule has 0 amide bonds. The van der Waals surface area contributed by atoms with E-state index in [-0.39, 0.29) is 0 Å². The minimum atomic E-state index is -1.18. The lowest BCUT2D eigenvalue weighted by Crippen LogP contribution is -2.44. The van der Waals surface area contributed by atoms with Gasteiger partial charge in [0.1, 0.15) is 5.54 Å². The van der Waals surface area contributed by atoms with E-state index in [1.807, 2.05) is 6.92 Å². The summed E-state index contributed by atoms with van der Waals surface area (Å²) in [6, 6.07) is 0. The van der Waals surface area contributed by atoms with E-state index in [1.165, 1.54) is 28.9 Å². The second-order valence-electron chi connectivity index (χ2n) is 4.41. The minimum Gasteiger partial charge on any atom is -0.480 e. The Morgan fingerprint density at radius 2 is 2.25 bits per heavy atom. The van der Waals surface area contributed by atoms with E-state index < -0.39 is 11.5 Å². The molecule has 0 saturated carbocycles. The SMILES string of the molecule is CCC(N)(C(=O)O)c1scc2c1CCCC2. The lowest BCUT2D eigenvalue weighted by molar-refractivity contribution is -0.143. The van der Waals surface area contributed by atoms with Gasteiger partial charge in [0, 0.05) is 4.88 Å². The van der Waals surface area contributed by atoms with Gasteiger partial charge in [-0.15, -0.1) is 11.3 Å². The first-order chi connectivity index (χ1) is 7.59. The molecule has 0 aromatic carbocycles. The van der Waals surface area contributed by atoms with Crippen LogP contribution in [-0.2, 0) is 23.2 Å². The van der Waals surface area contributed by atoms with Crippen LogP contribution in [0.25, 0.3) is 0 Å². The fourth-order valence-corrected chi connectivity index (χ4v) is 3.64. The summed E-state index contributed by atoms with van der Waals surface area (Å²) in [5.74, 6) is -0.912. The summed E-state index contributed by atoms with van der Waals surface area (Å²) >= 11 is 1.52. The highest BCUT2D eigenvalue weighted by molar-refractivity contribution is 7.10. The van der Waals surface area contributed by atoms with E-state index in [4.69, 9.17) is 5.73 Å². The minimum absolute atomic E-state index is 0.440. The number of carbonyl (C=O) groups is 1. The molecule has 1 aliphatic carbocycles. The van der Waals surface area contributed by atoms with Crippen molar-refractivity contribution in [1.82, 2.24) is 0 Å². The van der Waals surface area contributed by atoms with E-state index >= 15 is 0 Å². The van der Waals surface area contributed by atoms with Crippen molar-refractivity contribution in [2.24, 2.45) is 5.73 Å². The molecule has 16 heavy (non-hydrogen) atoms. The van der Waals surface area contributed by atoms with Crippen LogP contribution in [0.2, 0.25) is 0 Å². The molecule has 0 fully saturated rings. The molecule has 1 aromatic heterocycles. The molecule has 4 heteroatoms. The summed E-state index contributed by atoms with van der Waals surface area (Å²) in [5, 5.41) is 11.4. The highest BCUT2D eigenvalue weighted by atomic mass is 32.1. The van der Waals surface area contributed by atoms with Crippen molar-refractivity contribution in [1.29, 1.82) is 0 Å². The molecular weight excluding hydrogens is 222 g/mol. The predicted octanol–water partition coefficient (Wildman–Crippen LogP) is 2.28. The summed E-state index contributed by atoms with van der Waals surface area (Å²) < 4.78 is 0. The van der Waals surface area contributed by atoms with Crippen LogP contribution in [0.4, 0.5) is 0 Å². The number of thiophene rings is 1. The Balaban J connectivity index is 2.47. The number of hydrogen-bond donors (Lipinski definition) is 2. The van der Waals surface area contributed by atoms with Gasteiger partial charge < -0.3 is 10.8 Å². The molecule has 0 spiro atoms. The number of hydrogen-bond acceptors (Lipinski definition) is 3. The quantitative estimate of drug-likeness (QED) is 0.850. The van der Waals surface area contributed by atoms with E-state index in [1.54, 1.807) is 0 Å². The summed E-state index contributed by atoms with van der Waals surface area (Å²) in [6.45, 7) is 1.84. The molecule has 0 radical (unpaired) electrons. The van der Waals surface area contributed by atoms with Crippen LogP contribution >= 0.6 is 11.3 Å². The van der Waals surface area contributed by atoms with Crippen LogP contribution in [0, 0.1) is 0 Å². The third-order valence-electron chi connectivity index (χ3n) is 3.45. The number of fused-ring (bicyclic) bond motifs is 1. The molecule has 3 nitrogen and oxygen atoms in total. The third kappa shape index (κ3) is 1.66. The standard InChI is InChI=1S/C12H17NO2S/c1-2-12(13,11(14)15)10-9-6-4-3-5-8(9)7-16-10/h7H,2-6,13H2,1H3,(H,14,15). The van der Waals surface area contributed by atoms with Gasteiger partial charge in [-0.3, -0.25) is 0 Å². The molecule has 1 aliphatic rings. The largest absolute Gasteiger partial charge is 0.480 e. The number of rotatable bonds is 3. The molecule has 3 N–H and O–H groups in total. The predicted molar refractivity (Wildman–Crippen MR) is 64.8 cm³/mol. The first kappa shape index (κ1) is 11.6. The molecule has 0 saturated heterocycles. The van der Waals surface area contributed by atoms with Crippen molar-refractivity contribution >= 4 is 17.3 Å². The topological polar surface area (TPSA) is 63.3 Å². The smallest absolute Gasteiger partial charge is 0.329 e. The maximum atomic E-state index is 11.3. The normalized spacial score (nSPS) is 18.9. The highest BCUT2D eigenvalue weighted by Crippen LogP contribution is 2.37. The van der Waals surface area contributed by atoms with E-state index in [2.05, 4.69) is 5.38 Å². The number of carboxylic acids is 1. The van der Waals surface area contributed by atoms with Gasteiger partial charge in [-0.05, 0) is 48.6 Å². The summed E-state index contributed by atoms with van der Waals surface area (Å²) in [4.78, 5) is 12.2. The van der Waals surface area contributed by atoms with Gasteiger partial charge >= 0.3 is 5.97 Å². The maximum Gasteiger partial charge on any atom is 0.329 e. The molecule has 88 valence electrons. The zero-order valence-electron chi connectivity index (χ0n) is 9.45. The van der Waals surface area contributed by atoms with Crippen molar-refractivity contribution in [2.45, 2.75) is 44.6 Å². The Morgan fingerprint density at radius 3 is 2.88 bits per heavy atom. The molecule has 1 unspecified atom stereocenters. The fourth-order valence-electron chi connectivity index (χ4n) is 2.30. The summed E-state index contributed by atoms with van der Waals surface area (Å²) in [5.41, 5.74) is 7.38. The van der Waals surface area contributed by atoms with E-state index in [0.717, 1.165) is 24.1 Å². The average molecular weight is 239 g/mol. The summed E-state index contributed by atoms with van der Waals surface area (Å²) in [7, 11) is 0. The van der Waals surface area contributed by atoms with Crippen LogP contribution in [0.15, 0.2) is 5.38 Å². The Kier molecular flexibility index (Phi) is 3.04. The lowest BCUT2D eigenvalue weighted by Gasteiger charge is -2.25.